The van der Waals surface area contributed by atoms with Crippen LogP contribution in [0.5, 0.6) is 0 Å². The maximum absolute atomic E-state index is 10.7. The lowest BCUT2D eigenvalue weighted by atomic mass is 9.78. The van der Waals surface area contributed by atoms with Crippen molar-refractivity contribution in [1.29, 1.82) is 0 Å². The summed E-state index contributed by atoms with van der Waals surface area (Å²) in [5, 5.41) is 21.0. The minimum Gasteiger partial charge on any atom is -0.392 e. The zero-order valence-electron chi connectivity index (χ0n) is 11.5. The average molecular weight is 250 g/mol. The Morgan fingerprint density at radius 1 is 1.44 bits per heavy atom. The Bertz CT molecular complexity index is 460. The van der Waals surface area contributed by atoms with Crippen LogP contribution in [0.25, 0.3) is 0 Å². The number of hydrogen-bond acceptors (Lipinski definition) is 3. The molecule has 5 atom stereocenters. The summed E-state index contributed by atoms with van der Waals surface area (Å²) in [6.45, 7) is 8.16. The smallest absolute Gasteiger partial charge is 0.209 e. The summed E-state index contributed by atoms with van der Waals surface area (Å²) in [5.74, 6) is -0.938. The van der Waals surface area contributed by atoms with E-state index in [1.807, 2.05) is 20.8 Å². The highest BCUT2D eigenvalue weighted by atomic mass is 16.6. The van der Waals surface area contributed by atoms with Crippen LogP contribution < -0.4 is 0 Å². The van der Waals surface area contributed by atoms with E-state index in [9.17, 15) is 10.2 Å². The highest BCUT2D eigenvalue weighted by molar-refractivity contribution is 5.41. The summed E-state index contributed by atoms with van der Waals surface area (Å²) < 4.78 is 6.08. The monoisotopic (exact) mass is 250 g/mol. The molecule has 1 spiro atoms. The van der Waals surface area contributed by atoms with Gasteiger partial charge in [0.2, 0.25) is 5.79 Å². The number of hydrogen-bond donors (Lipinski definition) is 2. The van der Waals surface area contributed by atoms with E-state index in [-0.39, 0.29) is 17.9 Å². The maximum Gasteiger partial charge on any atom is 0.209 e. The summed E-state index contributed by atoms with van der Waals surface area (Å²) in [4.78, 5) is 0. The van der Waals surface area contributed by atoms with Crippen LogP contribution in [0.2, 0.25) is 0 Å². The molecule has 3 rings (SSSR count). The van der Waals surface area contributed by atoms with Gasteiger partial charge in [0.05, 0.1) is 11.7 Å². The maximum atomic E-state index is 10.7. The number of fused-ring (bicyclic) bond motifs is 1. The van der Waals surface area contributed by atoms with Crippen molar-refractivity contribution >= 4 is 0 Å². The second kappa shape index (κ2) is 3.47. The first-order valence-electron chi connectivity index (χ1n) is 6.77. The minimum atomic E-state index is -1.24. The highest BCUT2D eigenvalue weighted by Crippen LogP contribution is 2.61. The molecule has 1 aliphatic carbocycles. The van der Waals surface area contributed by atoms with E-state index in [0.29, 0.717) is 0 Å². The van der Waals surface area contributed by atoms with Gasteiger partial charge in [0.1, 0.15) is 0 Å². The average Bonchev–Trinajstić information content (AvgIpc) is 2.61. The van der Waals surface area contributed by atoms with E-state index in [1.54, 1.807) is 6.08 Å². The second-order valence-electron chi connectivity index (χ2n) is 6.48. The molecular formula is C15H22O3. The van der Waals surface area contributed by atoms with Gasteiger partial charge >= 0.3 is 0 Å². The van der Waals surface area contributed by atoms with Gasteiger partial charge in [-0.05, 0) is 44.8 Å². The Morgan fingerprint density at radius 2 is 2.11 bits per heavy atom. The molecule has 0 radical (unpaired) electrons. The van der Waals surface area contributed by atoms with Gasteiger partial charge in [0.25, 0.3) is 0 Å². The van der Waals surface area contributed by atoms with Crippen LogP contribution >= 0.6 is 0 Å². The Balaban J connectivity index is 2.19. The van der Waals surface area contributed by atoms with Crippen LogP contribution in [0.1, 0.15) is 40.5 Å². The third-order valence-electron chi connectivity index (χ3n) is 5.09. The van der Waals surface area contributed by atoms with Crippen molar-refractivity contribution in [3.05, 3.63) is 22.8 Å². The molecule has 3 heteroatoms. The Hall–Kier alpha value is -0.640. The fourth-order valence-electron chi connectivity index (χ4n) is 4.31. The topological polar surface area (TPSA) is 49.7 Å². The Labute approximate surface area is 108 Å². The van der Waals surface area contributed by atoms with Crippen LogP contribution in [0.3, 0.4) is 0 Å². The number of rotatable bonds is 0. The molecule has 2 fully saturated rings. The molecule has 0 aromatic rings. The zero-order valence-corrected chi connectivity index (χ0v) is 11.5. The zero-order chi connectivity index (χ0) is 13.3. The first-order chi connectivity index (χ1) is 8.30. The van der Waals surface area contributed by atoms with Gasteiger partial charge in [-0.1, -0.05) is 18.1 Å². The SMILES string of the molecule is CC1=C[C@@]2(O)O[C@]3(CC2=C(C)C)[C@H]1[C@H](O)C[C@@H]3C. The van der Waals surface area contributed by atoms with E-state index in [0.717, 1.165) is 29.6 Å². The molecule has 1 saturated heterocycles. The molecule has 18 heavy (non-hydrogen) atoms. The number of allylic oxidation sites excluding steroid dienone is 1. The van der Waals surface area contributed by atoms with Crippen molar-refractivity contribution in [3.63, 3.8) is 0 Å². The molecule has 100 valence electrons. The lowest BCUT2D eigenvalue weighted by Crippen LogP contribution is -2.47. The van der Waals surface area contributed by atoms with Crippen LogP contribution in [-0.2, 0) is 4.74 Å². The van der Waals surface area contributed by atoms with Gasteiger partial charge in [-0.2, -0.15) is 0 Å². The molecule has 1 saturated carbocycles. The van der Waals surface area contributed by atoms with Gasteiger partial charge in [0.15, 0.2) is 0 Å². The lowest BCUT2D eigenvalue weighted by Gasteiger charge is -2.40. The molecular weight excluding hydrogens is 228 g/mol. The van der Waals surface area contributed by atoms with Gasteiger partial charge in [0, 0.05) is 12.3 Å². The van der Waals surface area contributed by atoms with Crippen LogP contribution in [-0.4, -0.2) is 27.7 Å². The molecule has 3 aliphatic rings. The Kier molecular flexibility index (Phi) is 2.39. The number of aliphatic hydroxyl groups excluding tert-OH is 1. The fourth-order valence-corrected chi connectivity index (χ4v) is 4.31. The lowest BCUT2D eigenvalue weighted by molar-refractivity contribution is -0.212. The number of ether oxygens (including phenoxy) is 1. The van der Waals surface area contributed by atoms with Crippen LogP contribution in [0.4, 0.5) is 0 Å². The van der Waals surface area contributed by atoms with Crippen molar-refractivity contribution in [1.82, 2.24) is 0 Å². The van der Waals surface area contributed by atoms with Gasteiger partial charge < -0.3 is 14.9 Å². The van der Waals surface area contributed by atoms with Gasteiger partial charge in [-0.15, -0.1) is 0 Å². The third kappa shape index (κ3) is 1.30. The summed E-state index contributed by atoms with van der Waals surface area (Å²) in [7, 11) is 0. The summed E-state index contributed by atoms with van der Waals surface area (Å²) >= 11 is 0. The summed E-state index contributed by atoms with van der Waals surface area (Å²) in [5.41, 5.74) is 2.76. The predicted molar refractivity (Wildman–Crippen MR) is 68.8 cm³/mol. The predicted octanol–water partition coefficient (Wildman–Crippen LogP) is 2.15. The largest absolute Gasteiger partial charge is 0.392 e. The fraction of sp³-hybridized carbons (Fsp3) is 0.733. The van der Waals surface area contributed by atoms with Crippen molar-refractivity contribution in [2.24, 2.45) is 11.8 Å². The van der Waals surface area contributed by atoms with Crippen LogP contribution in [0, 0.1) is 11.8 Å². The molecule has 0 unspecified atom stereocenters. The molecule has 3 nitrogen and oxygen atoms in total. The minimum absolute atomic E-state index is 0.0321. The van der Waals surface area contributed by atoms with E-state index in [4.69, 9.17) is 4.74 Å². The van der Waals surface area contributed by atoms with E-state index in [2.05, 4.69) is 6.92 Å². The molecule has 0 amide bonds. The van der Waals surface area contributed by atoms with Crippen LogP contribution in [0.15, 0.2) is 22.8 Å². The highest BCUT2D eigenvalue weighted by Gasteiger charge is 2.65. The van der Waals surface area contributed by atoms with E-state index in [1.165, 1.54) is 0 Å². The van der Waals surface area contributed by atoms with E-state index < -0.39 is 11.4 Å². The molecule has 2 N–H and O–H groups in total. The molecule has 2 heterocycles. The summed E-state index contributed by atoms with van der Waals surface area (Å²) in [6.07, 6.45) is 2.94. The number of aliphatic hydroxyl groups is 2. The van der Waals surface area contributed by atoms with E-state index >= 15 is 0 Å². The normalized spacial score (nSPS) is 50.2. The third-order valence-corrected chi connectivity index (χ3v) is 5.09. The standard InChI is InChI=1S/C15H22O3/c1-8(2)11-7-14-10(4)5-12(16)13(14)9(3)6-15(11,17)18-14/h6,10,12-13,16-17H,5,7H2,1-4H3/t10-,12+,13+,14-,15+/m0/s1. The molecule has 2 bridgehead atoms. The van der Waals surface area contributed by atoms with Crippen molar-refractivity contribution in [3.8, 4) is 0 Å². The second-order valence-corrected chi connectivity index (χ2v) is 6.48. The van der Waals surface area contributed by atoms with Crippen molar-refractivity contribution in [2.45, 2.75) is 58.0 Å². The first kappa shape index (κ1) is 12.4. The Morgan fingerprint density at radius 3 is 2.72 bits per heavy atom. The van der Waals surface area contributed by atoms with Crippen molar-refractivity contribution < 1.29 is 14.9 Å². The van der Waals surface area contributed by atoms with Gasteiger partial charge in [-0.3, -0.25) is 0 Å². The van der Waals surface area contributed by atoms with Gasteiger partial charge in [-0.25, -0.2) is 0 Å². The summed E-state index contributed by atoms with van der Waals surface area (Å²) in [6, 6.07) is 0. The molecule has 0 aromatic heterocycles. The van der Waals surface area contributed by atoms with Crippen molar-refractivity contribution in [2.75, 3.05) is 0 Å². The molecule has 0 aromatic carbocycles. The first-order valence-corrected chi connectivity index (χ1v) is 6.77. The molecule has 2 aliphatic heterocycles. The quantitative estimate of drug-likeness (QED) is 0.648.